The first kappa shape index (κ1) is 14.4. The van der Waals surface area contributed by atoms with Gasteiger partial charge < -0.3 is 4.42 Å². The maximum absolute atomic E-state index is 9.53. The molecule has 0 amide bonds. The van der Waals surface area contributed by atoms with E-state index in [1.54, 1.807) is 36.4 Å². The van der Waals surface area contributed by atoms with Crippen LogP contribution in [0, 0.1) is 0 Å². The van der Waals surface area contributed by atoms with Crippen LogP contribution in [0.1, 0.15) is 24.7 Å². The van der Waals surface area contributed by atoms with Crippen LogP contribution in [0.2, 0.25) is 0 Å². The van der Waals surface area contributed by atoms with Crippen molar-refractivity contribution in [1.82, 2.24) is 0 Å². The van der Waals surface area contributed by atoms with E-state index in [-0.39, 0.29) is 92.5 Å². The monoisotopic (exact) mass is 636 g/mol. The molecule has 11 aromatic carbocycles. The maximum atomic E-state index is 9.53. The highest BCUT2D eigenvalue weighted by molar-refractivity contribution is 6.29. The average Bonchev–Trinajstić information content (AvgIpc) is 3.70. The Kier molecular flexibility index (Phi) is 2.67. The van der Waals surface area contributed by atoms with Crippen molar-refractivity contribution in [2.45, 2.75) is 0 Å². The standard InChI is InChI=1S/C48H26O/c1-2-10-36-33(5-1)25-40(37-21-16-32-14-12-28-7-4-9-30-18-23-39(37)46(32)44(28)30)48-47(36)41-26-34(19-24-42(41)49-48)35-20-15-31-13-11-27-6-3-8-29-17-22-38(35)45(31)43(27)29/h1-26H/i3D,4D,6D,7D,8D,9D,11D,12D,13D,14D,15D,16D,17D,18D,20D,21D,22D,23D. The molecule has 0 saturated heterocycles. The predicted molar refractivity (Wildman–Crippen MR) is 210 cm³/mol. The number of benzene rings is 11. The Morgan fingerprint density at radius 2 is 0.918 bits per heavy atom. The highest BCUT2D eigenvalue weighted by Crippen LogP contribution is 2.46. The Morgan fingerprint density at radius 1 is 0.367 bits per heavy atom. The number of rotatable bonds is 2. The van der Waals surface area contributed by atoms with Crippen LogP contribution < -0.4 is 0 Å². The van der Waals surface area contributed by atoms with E-state index in [0.717, 1.165) is 0 Å². The summed E-state index contributed by atoms with van der Waals surface area (Å²) in [7, 11) is 0. The Morgan fingerprint density at radius 3 is 1.59 bits per heavy atom. The smallest absolute Gasteiger partial charge is 0.143 e. The number of fused-ring (bicyclic) bond motifs is 5. The van der Waals surface area contributed by atoms with Gasteiger partial charge in [0, 0.05) is 16.3 Å². The summed E-state index contributed by atoms with van der Waals surface area (Å²) >= 11 is 0. The molecule has 12 aromatic rings. The fraction of sp³-hybridized carbons (Fsp3) is 0. The molecule has 1 heteroatoms. The summed E-state index contributed by atoms with van der Waals surface area (Å²) in [5, 5.41) is 1.23. The summed E-state index contributed by atoms with van der Waals surface area (Å²) in [6.07, 6.45) is 0. The largest absolute Gasteiger partial charge is 0.455 e. The van der Waals surface area contributed by atoms with Gasteiger partial charge >= 0.3 is 0 Å². The minimum Gasteiger partial charge on any atom is -0.455 e. The normalized spacial score (nSPS) is 17.6. The van der Waals surface area contributed by atoms with Crippen LogP contribution in [0.15, 0.2) is 162 Å². The molecule has 224 valence electrons. The molecule has 0 saturated carbocycles. The van der Waals surface area contributed by atoms with Crippen molar-refractivity contribution in [2.24, 2.45) is 0 Å². The zero-order valence-corrected chi connectivity index (χ0v) is 25.0. The molecule has 12 rings (SSSR count). The molecule has 0 aliphatic rings. The highest BCUT2D eigenvalue weighted by Gasteiger charge is 2.20. The van der Waals surface area contributed by atoms with Crippen LogP contribution in [-0.4, -0.2) is 0 Å². The van der Waals surface area contributed by atoms with Gasteiger partial charge in [-0.1, -0.05) is 139 Å². The van der Waals surface area contributed by atoms with E-state index >= 15 is 0 Å². The third-order valence-corrected chi connectivity index (χ3v) is 9.65. The second kappa shape index (κ2) is 9.13. The molecule has 0 aliphatic carbocycles. The maximum Gasteiger partial charge on any atom is 0.143 e. The molecule has 49 heavy (non-hydrogen) atoms. The molecule has 1 aromatic heterocycles. The van der Waals surface area contributed by atoms with Crippen molar-refractivity contribution >= 4 is 97.3 Å². The molecule has 0 radical (unpaired) electrons. The Hall–Kier alpha value is -6.44. The van der Waals surface area contributed by atoms with Crippen LogP contribution in [0.3, 0.4) is 0 Å². The van der Waals surface area contributed by atoms with E-state index in [1.165, 1.54) is 0 Å². The lowest BCUT2D eigenvalue weighted by molar-refractivity contribution is 0.670. The van der Waals surface area contributed by atoms with Crippen LogP contribution >= 0.6 is 0 Å². The van der Waals surface area contributed by atoms with Gasteiger partial charge in [-0.2, -0.15) is 0 Å². The molecule has 0 fully saturated rings. The molecule has 1 nitrogen and oxygen atoms in total. The van der Waals surface area contributed by atoms with Crippen LogP contribution in [0.5, 0.6) is 0 Å². The summed E-state index contributed by atoms with van der Waals surface area (Å²) in [6.45, 7) is 0. The average molecular weight is 637 g/mol. The van der Waals surface area contributed by atoms with E-state index in [2.05, 4.69) is 0 Å². The third kappa shape index (κ3) is 3.34. The molecule has 0 N–H and O–H groups in total. The van der Waals surface area contributed by atoms with Gasteiger partial charge in [0.2, 0.25) is 0 Å². The first-order valence-corrected chi connectivity index (χ1v) is 15.6. The summed E-state index contributed by atoms with van der Waals surface area (Å²) in [4.78, 5) is 0. The lowest BCUT2D eigenvalue weighted by atomic mass is 9.88. The van der Waals surface area contributed by atoms with E-state index in [1.807, 2.05) is 12.1 Å². The van der Waals surface area contributed by atoms with E-state index in [0.29, 0.717) is 27.1 Å². The third-order valence-electron chi connectivity index (χ3n) is 9.65. The topological polar surface area (TPSA) is 13.1 Å². The second-order valence-corrected chi connectivity index (χ2v) is 12.2. The van der Waals surface area contributed by atoms with Gasteiger partial charge in [-0.25, -0.2) is 0 Å². The van der Waals surface area contributed by atoms with Gasteiger partial charge in [-0.15, -0.1) is 0 Å². The lowest BCUT2D eigenvalue weighted by Gasteiger charge is -2.15. The Bertz CT molecular complexity index is 4320. The second-order valence-electron chi connectivity index (χ2n) is 12.2. The van der Waals surface area contributed by atoms with E-state index in [9.17, 15) is 9.60 Å². The molecule has 0 aliphatic heterocycles. The van der Waals surface area contributed by atoms with Gasteiger partial charge in [-0.05, 0) is 110 Å². The molecule has 0 spiro atoms. The number of hydrogen-bond donors (Lipinski definition) is 0. The van der Waals surface area contributed by atoms with Gasteiger partial charge in [0.1, 0.15) is 11.2 Å². The quantitative estimate of drug-likeness (QED) is 0.172. The SMILES string of the molecule is [2H]c1c([2H])c2c([2H])c([2H])c3c([2H])c([2H])c(-c4ccc5oc6c(-c7c([2H])c([2H])c8c([2H])c([2H])c9c([2H])c([2H])c([2H])c%10c([2H])c([2H])c7c8c9%10)cc7ccccc7c6c5c4)c4c([2H])c([2H])c(c1[2H])c2c34. The van der Waals surface area contributed by atoms with Gasteiger partial charge in [0.05, 0.1) is 24.7 Å². The van der Waals surface area contributed by atoms with Crippen LogP contribution in [0.4, 0.5) is 0 Å². The van der Waals surface area contributed by atoms with E-state index in [4.69, 9.17) is 19.5 Å². The van der Waals surface area contributed by atoms with Crippen LogP contribution in [0.25, 0.3) is 120 Å². The highest BCUT2D eigenvalue weighted by atomic mass is 16.3. The molecular weight excluding hydrogens is 593 g/mol. The fourth-order valence-electron chi connectivity index (χ4n) is 7.51. The lowest BCUT2D eigenvalue weighted by Crippen LogP contribution is -1.88. The van der Waals surface area contributed by atoms with Gasteiger partial charge in [-0.3, -0.25) is 0 Å². The Labute approximate surface area is 306 Å². The minimum atomic E-state index is -0.579. The predicted octanol–water partition coefficient (Wildman–Crippen LogP) is 13.9. The zero-order chi connectivity index (χ0) is 47.5. The molecule has 1 heterocycles. The van der Waals surface area contributed by atoms with E-state index < -0.39 is 109 Å². The van der Waals surface area contributed by atoms with Crippen molar-refractivity contribution < 1.29 is 29.1 Å². The van der Waals surface area contributed by atoms with Crippen molar-refractivity contribution in [3.05, 3.63) is 157 Å². The van der Waals surface area contributed by atoms with Crippen molar-refractivity contribution in [3.63, 3.8) is 0 Å². The summed E-state index contributed by atoms with van der Waals surface area (Å²) in [6, 6.07) is 4.98. The number of furan rings is 1. The Balaban J connectivity index is 1.24. The zero-order valence-electron chi connectivity index (χ0n) is 43.0. The van der Waals surface area contributed by atoms with Crippen molar-refractivity contribution in [3.8, 4) is 22.3 Å². The summed E-state index contributed by atoms with van der Waals surface area (Å²) in [5.74, 6) is 0. The number of hydrogen-bond acceptors (Lipinski definition) is 1. The van der Waals surface area contributed by atoms with Gasteiger partial charge in [0.15, 0.2) is 0 Å². The molecule has 0 bridgehead atoms. The molecule has 0 atom stereocenters. The summed E-state index contributed by atoms with van der Waals surface area (Å²) < 4.78 is 169. The fourth-order valence-corrected chi connectivity index (χ4v) is 7.51. The van der Waals surface area contributed by atoms with Crippen molar-refractivity contribution in [1.29, 1.82) is 0 Å². The molecule has 0 unspecified atom stereocenters. The minimum absolute atomic E-state index is 0.00593. The van der Waals surface area contributed by atoms with Crippen LogP contribution in [-0.2, 0) is 0 Å². The first-order chi connectivity index (χ1) is 31.8. The van der Waals surface area contributed by atoms with Crippen molar-refractivity contribution in [2.75, 3.05) is 0 Å². The first-order valence-electron chi connectivity index (χ1n) is 24.6. The molecular formula is C48H26O. The summed E-state index contributed by atoms with van der Waals surface area (Å²) in [5.41, 5.74) is 0.993. The van der Waals surface area contributed by atoms with Gasteiger partial charge in [0.25, 0.3) is 0 Å².